The summed E-state index contributed by atoms with van der Waals surface area (Å²) in [6.07, 6.45) is -4.54. The molecule has 5 heteroatoms. The fourth-order valence-electron chi connectivity index (χ4n) is 0.915. The zero-order valence-corrected chi connectivity index (χ0v) is 5.79. The van der Waals surface area contributed by atoms with Gasteiger partial charge in [-0.2, -0.15) is 0 Å². The Morgan fingerprint density at radius 2 is 1.82 bits per heavy atom. The standard InChI is InChI=1S/C6H11O5/c7-1-4-6(10)5(9)3(8)2-11-4/h2-10H,1H2/t3-,4?,5-,6?/m0/s1. The van der Waals surface area contributed by atoms with E-state index in [2.05, 4.69) is 4.74 Å². The van der Waals surface area contributed by atoms with Crippen molar-refractivity contribution in [2.75, 3.05) is 6.61 Å². The minimum atomic E-state index is -1.28. The van der Waals surface area contributed by atoms with Crippen molar-refractivity contribution in [2.24, 2.45) is 0 Å². The Balaban J connectivity index is 2.52. The highest BCUT2D eigenvalue weighted by Crippen LogP contribution is 2.17. The van der Waals surface area contributed by atoms with Crippen LogP contribution in [0.3, 0.4) is 0 Å². The first-order valence-corrected chi connectivity index (χ1v) is 3.30. The van der Waals surface area contributed by atoms with Crippen LogP contribution in [0.1, 0.15) is 0 Å². The Morgan fingerprint density at radius 3 is 2.36 bits per heavy atom. The van der Waals surface area contributed by atoms with E-state index in [4.69, 9.17) is 20.4 Å². The van der Waals surface area contributed by atoms with Crippen molar-refractivity contribution in [1.29, 1.82) is 0 Å². The number of aliphatic hydroxyl groups is 4. The molecule has 0 aromatic rings. The predicted molar refractivity (Wildman–Crippen MR) is 34.3 cm³/mol. The molecule has 1 aliphatic heterocycles. The molecule has 0 aromatic carbocycles. The third-order valence-electron chi connectivity index (χ3n) is 1.65. The normalized spacial score (nSPS) is 45.8. The second-order valence-corrected chi connectivity index (χ2v) is 2.46. The summed E-state index contributed by atoms with van der Waals surface area (Å²) in [6.45, 7) is 0.611. The monoisotopic (exact) mass is 163 g/mol. The second-order valence-electron chi connectivity index (χ2n) is 2.46. The van der Waals surface area contributed by atoms with Gasteiger partial charge in [-0.3, -0.25) is 0 Å². The molecule has 0 spiro atoms. The summed E-state index contributed by atoms with van der Waals surface area (Å²) in [6, 6.07) is 0. The number of hydrogen-bond donors (Lipinski definition) is 4. The van der Waals surface area contributed by atoms with Crippen molar-refractivity contribution >= 4 is 0 Å². The largest absolute Gasteiger partial charge is 0.394 e. The molecule has 4 N–H and O–H groups in total. The van der Waals surface area contributed by atoms with E-state index >= 15 is 0 Å². The fourth-order valence-corrected chi connectivity index (χ4v) is 0.915. The van der Waals surface area contributed by atoms with E-state index in [0.29, 0.717) is 0 Å². The van der Waals surface area contributed by atoms with Crippen molar-refractivity contribution in [3.8, 4) is 0 Å². The van der Waals surface area contributed by atoms with Crippen LogP contribution in [-0.4, -0.2) is 51.4 Å². The Bertz CT molecular complexity index is 126. The molecule has 65 valence electrons. The maximum absolute atomic E-state index is 9.09. The molecular weight excluding hydrogens is 152 g/mol. The molecule has 1 aliphatic rings. The molecule has 4 atom stereocenters. The maximum Gasteiger partial charge on any atom is 0.115 e. The van der Waals surface area contributed by atoms with Gasteiger partial charge in [0.25, 0.3) is 0 Å². The van der Waals surface area contributed by atoms with Gasteiger partial charge in [-0.25, -0.2) is 0 Å². The van der Waals surface area contributed by atoms with Crippen LogP contribution in [0, 0.1) is 6.61 Å². The quantitative estimate of drug-likeness (QED) is 0.346. The first-order chi connectivity index (χ1) is 5.16. The summed E-state index contributed by atoms with van der Waals surface area (Å²) in [5.74, 6) is 0. The summed E-state index contributed by atoms with van der Waals surface area (Å²) in [4.78, 5) is 0. The molecule has 0 bridgehead atoms. The zero-order valence-electron chi connectivity index (χ0n) is 5.79. The molecule has 0 aliphatic carbocycles. The van der Waals surface area contributed by atoms with E-state index < -0.39 is 24.4 Å². The topological polar surface area (TPSA) is 90.2 Å². The van der Waals surface area contributed by atoms with Crippen LogP contribution in [0.4, 0.5) is 0 Å². The molecule has 5 nitrogen and oxygen atoms in total. The summed E-state index contributed by atoms with van der Waals surface area (Å²) in [7, 11) is 0. The van der Waals surface area contributed by atoms with E-state index in [1.54, 1.807) is 0 Å². The Morgan fingerprint density at radius 1 is 1.18 bits per heavy atom. The molecule has 2 unspecified atom stereocenters. The molecule has 1 saturated heterocycles. The maximum atomic E-state index is 9.09. The zero-order chi connectivity index (χ0) is 8.43. The van der Waals surface area contributed by atoms with Gasteiger partial charge in [0.05, 0.1) is 6.61 Å². The molecular formula is C6H11O5. The van der Waals surface area contributed by atoms with Crippen LogP contribution in [0.25, 0.3) is 0 Å². The van der Waals surface area contributed by atoms with Gasteiger partial charge in [0, 0.05) is 0 Å². The predicted octanol–water partition coefficient (Wildman–Crippen LogP) is -2.38. The van der Waals surface area contributed by atoms with Crippen LogP contribution in [-0.2, 0) is 4.74 Å². The van der Waals surface area contributed by atoms with Crippen molar-refractivity contribution in [3.05, 3.63) is 6.61 Å². The van der Waals surface area contributed by atoms with E-state index in [1.165, 1.54) is 0 Å². The minimum absolute atomic E-state index is 0.387. The molecule has 0 aromatic heterocycles. The van der Waals surface area contributed by atoms with Gasteiger partial charge >= 0.3 is 0 Å². The van der Waals surface area contributed by atoms with Gasteiger partial charge in [0.15, 0.2) is 0 Å². The molecule has 1 heterocycles. The van der Waals surface area contributed by atoms with Crippen LogP contribution in [0.2, 0.25) is 0 Å². The van der Waals surface area contributed by atoms with E-state index in [0.717, 1.165) is 6.61 Å². The molecule has 1 fully saturated rings. The Hall–Kier alpha value is -0.200. The van der Waals surface area contributed by atoms with Crippen molar-refractivity contribution in [1.82, 2.24) is 0 Å². The van der Waals surface area contributed by atoms with Crippen LogP contribution in [0.15, 0.2) is 0 Å². The Labute approximate surface area is 63.8 Å². The van der Waals surface area contributed by atoms with E-state index in [1.807, 2.05) is 0 Å². The fraction of sp³-hybridized carbons (Fsp3) is 0.833. The SMILES string of the molecule is OCC1O[CH][C@H](O)[C@H](O)C1O. The van der Waals surface area contributed by atoms with Gasteiger partial charge in [0.1, 0.15) is 31.0 Å². The second kappa shape index (κ2) is 3.46. The lowest BCUT2D eigenvalue weighted by atomic mass is 10.0. The van der Waals surface area contributed by atoms with Gasteiger partial charge in [-0.05, 0) is 0 Å². The average Bonchev–Trinajstić information content (AvgIpc) is 2.01. The molecule has 0 saturated carbocycles. The van der Waals surface area contributed by atoms with E-state index in [9.17, 15) is 0 Å². The first-order valence-electron chi connectivity index (χ1n) is 3.30. The smallest absolute Gasteiger partial charge is 0.115 e. The minimum Gasteiger partial charge on any atom is -0.394 e. The van der Waals surface area contributed by atoms with Gasteiger partial charge in [0.2, 0.25) is 0 Å². The molecule has 1 rings (SSSR count). The third-order valence-corrected chi connectivity index (χ3v) is 1.65. The van der Waals surface area contributed by atoms with Crippen molar-refractivity contribution in [2.45, 2.75) is 24.4 Å². The Kier molecular flexibility index (Phi) is 2.80. The summed E-state index contributed by atoms with van der Waals surface area (Å²) in [5, 5.41) is 35.6. The lowest BCUT2D eigenvalue weighted by molar-refractivity contribution is -0.169. The number of hydrogen-bond acceptors (Lipinski definition) is 5. The lowest BCUT2D eigenvalue weighted by Crippen LogP contribution is -2.52. The molecule has 11 heavy (non-hydrogen) atoms. The average molecular weight is 163 g/mol. The third kappa shape index (κ3) is 1.69. The van der Waals surface area contributed by atoms with Gasteiger partial charge in [-0.15, -0.1) is 0 Å². The highest BCUT2D eigenvalue weighted by Gasteiger charge is 2.37. The van der Waals surface area contributed by atoms with Crippen LogP contribution in [0.5, 0.6) is 0 Å². The van der Waals surface area contributed by atoms with Crippen LogP contribution >= 0.6 is 0 Å². The van der Waals surface area contributed by atoms with Crippen LogP contribution < -0.4 is 0 Å². The summed E-state index contributed by atoms with van der Waals surface area (Å²) >= 11 is 0. The number of aliphatic hydroxyl groups excluding tert-OH is 4. The highest BCUT2D eigenvalue weighted by molar-refractivity contribution is 4.91. The summed E-state index contributed by atoms with van der Waals surface area (Å²) in [5.41, 5.74) is 0. The molecule has 0 amide bonds. The summed E-state index contributed by atoms with van der Waals surface area (Å²) < 4.78 is 4.69. The van der Waals surface area contributed by atoms with Crippen molar-refractivity contribution in [3.63, 3.8) is 0 Å². The number of rotatable bonds is 1. The molecule has 1 radical (unpaired) electrons. The highest BCUT2D eigenvalue weighted by atomic mass is 16.5. The van der Waals surface area contributed by atoms with Gasteiger partial charge < -0.3 is 25.2 Å². The lowest BCUT2D eigenvalue weighted by Gasteiger charge is -2.33. The van der Waals surface area contributed by atoms with E-state index in [-0.39, 0.29) is 6.61 Å². The van der Waals surface area contributed by atoms with Gasteiger partial charge in [-0.1, -0.05) is 0 Å². The van der Waals surface area contributed by atoms with Crippen molar-refractivity contribution < 1.29 is 25.2 Å². The number of ether oxygens (including phenoxy) is 1. The first kappa shape index (κ1) is 8.89.